The summed E-state index contributed by atoms with van der Waals surface area (Å²) in [5, 5.41) is 0.972. The number of aryl methyl sites for hydroxylation is 1. The highest BCUT2D eigenvalue weighted by molar-refractivity contribution is 9.09. The molecular weight excluding hydrogens is 304 g/mol. The number of carbonyl (C=O) groups is 1. The molecule has 19 heavy (non-hydrogen) atoms. The van der Waals surface area contributed by atoms with E-state index in [1.165, 1.54) is 5.56 Å². The van der Waals surface area contributed by atoms with Crippen LogP contribution >= 0.6 is 15.9 Å². The van der Waals surface area contributed by atoms with Gasteiger partial charge < -0.3 is 4.74 Å². The molecule has 3 heteroatoms. The lowest BCUT2D eigenvalue weighted by molar-refractivity contribution is -0.149. The number of esters is 1. The minimum absolute atomic E-state index is 0.117. The summed E-state index contributed by atoms with van der Waals surface area (Å²) in [6.07, 6.45) is 2.90. The fourth-order valence-electron chi connectivity index (χ4n) is 2.15. The van der Waals surface area contributed by atoms with Crippen molar-refractivity contribution in [1.82, 2.24) is 0 Å². The first-order valence-electron chi connectivity index (χ1n) is 6.85. The van der Waals surface area contributed by atoms with E-state index in [9.17, 15) is 4.79 Å². The topological polar surface area (TPSA) is 26.3 Å². The number of ether oxygens (including phenoxy) is 1. The van der Waals surface area contributed by atoms with Crippen molar-refractivity contribution in [3.63, 3.8) is 0 Å². The summed E-state index contributed by atoms with van der Waals surface area (Å²) in [7, 11) is 0. The van der Waals surface area contributed by atoms with Gasteiger partial charge >= 0.3 is 5.97 Å². The smallest absolute Gasteiger partial charge is 0.316 e. The van der Waals surface area contributed by atoms with Crippen LogP contribution in [0.3, 0.4) is 0 Å². The minimum Gasteiger partial charge on any atom is -0.465 e. The van der Waals surface area contributed by atoms with Gasteiger partial charge in [-0.25, -0.2) is 0 Å². The van der Waals surface area contributed by atoms with Gasteiger partial charge in [-0.05, 0) is 39.2 Å². The lowest BCUT2D eigenvalue weighted by Crippen LogP contribution is -2.34. The molecule has 0 aliphatic heterocycles. The molecule has 0 aliphatic carbocycles. The number of alkyl halides is 1. The molecule has 1 rings (SSSR count). The molecular formula is C16H23BrO2. The van der Waals surface area contributed by atoms with Crippen LogP contribution in [0.25, 0.3) is 0 Å². The van der Waals surface area contributed by atoms with E-state index in [0.717, 1.165) is 30.2 Å². The lowest BCUT2D eigenvalue weighted by Gasteiger charge is -2.28. The molecule has 0 aromatic heterocycles. The molecule has 0 amide bonds. The third kappa shape index (κ3) is 4.34. The van der Waals surface area contributed by atoms with Crippen molar-refractivity contribution in [3.05, 3.63) is 35.4 Å². The number of hydrogen-bond donors (Lipinski definition) is 0. The zero-order valence-corrected chi connectivity index (χ0v) is 13.6. The van der Waals surface area contributed by atoms with Crippen LogP contribution in [0.1, 0.15) is 44.2 Å². The first-order chi connectivity index (χ1) is 9.04. The molecule has 0 saturated carbocycles. The second-order valence-corrected chi connectivity index (χ2v) is 5.86. The Hall–Kier alpha value is -0.830. The molecule has 2 nitrogen and oxygen atoms in total. The molecule has 0 unspecified atom stereocenters. The van der Waals surface area contributed by atoms with Gasteiger partial charge in [0.1, 0.15) is 0 Å². The number of carbonyl (C=O) groups excluding carboxylic acids is 1. The summed E-state index contributed by atoms with van der Waals surface area (Å²) in [5.74, 6) is -0.117. The minimum atomic E-state index is -0.536. The highest BCUT2D eigenvalue weighted by atomic mass is 79.9. The van der Waals surface area contributed by atoms with Gasteiger partial charge in [0.2, 0.25) is 0 Å². The van der Waals surface area contributed by atoms with Crippen LogP contribution in [0.4, 0.5) is 0 Å². The molecule has 0 N–H and O–H groups in total. The van der Waals surface area contributed by atoms with Crippen molar-refractivity contribution >= 4 is 21.9 Å². The summed E-state index contributed by atoms with van der Waals surface area (Å²) >= 11 is 3.43. The third-order valence-corrected chi connectivity index (χ3v) is 4.04. The summed E-state index contributed by atoms with van der Waals surface area (Å²) in [6, 6.07) is 8.19. The first kappa shape index (κ1) is 16.2. The van der Waals surface area contributed by atoms with Crippen molar-refractivity contribution in [2.24, 2.45) is 0 Å². The Bertz CT molecular complexity index is 400. The number of unbranched alkanes of at least 4 members (excludes halogenated alkanes) is 1. The monoisotopic (exact) mass is 326 g/mol. The van der Waals surface area contributed by atoms with Crippen molar-refractivity contribution < 1.29 is 9.53 Å². The maximum Gasteiger partial charge on any atom is 0.316 e. The zero-order chi connectivity index (χ0) is 14.3. The second-order valence-electron chi connectivity index (χ2n) is 5.06. The quantitative estimate of drug-likeness (QED) is 0.422. The van der Waals surface area contributed by atoms with E-state index in [1.54, 1.807) is 0 Å². The predicted molar refractivity (Wildman–Crippen MR) is 82.8 cm³/mol. The molecule has 106 valence electrons. The highest BCUT2D eigenvalue weighted by Crippen LogP contribution is 2.31. The molecule has 1 aromatic rings. The molecule has 0 bridgehead atoms. The third-order valence-electron chi connectivity index (χ3n) is 3.48. The summed E-state index contributed by atoms with van der Waals surface area (Å²) in [6.45, 7) is 6.32. The van der Waals surface area contributed by atoms with Gasteiger partial charge in [-0.15, -0.1) is 0 Å². The van der Waals surface area contributed by atoms with Crippen LogP contribution < -0.4 is 0 Å². The predicted octanol–water partition coefficient (Wildman–Crippen LogP) is 4.38. The van der Waals surface area contributed by atoms with E-state index in [-0.39, 0.29) is 5.97 Å². The maximum atomic E-state index is 12.3. The largest absolute Gasteiger partial charge is 0.465 e. The van der Waals surface area contributed by atoms with Gasteiger partial charge in [0, 0.05) is 5.33 Å². The Morgan fingerprint density at radius 2 is 1.89 bits per heavy atom. The van der Waals surface area contributed by atoms with Gasteiger partial charge in [0.15, 0.2) is 0 Å². The Morgan fingerprint density at radius 1 is 1.26 bits per heavy atom. The Balaban J connectivity index is 2.96. The Labute approximate surface area is 124 Å². The van der Waals surface area contributed by atoms with E-state index in [4.69, 9.17) is 4.74 Å². The van der Waals surface area contributed by atoms with E-state index in [0.29, 0.717) is 6.61 Å². The van der Waals surface area contributed by atoms with E-state index in [1.807, 2.05) is 26.0 Å². The average molecular weight is 327 g/mol. The molecule has 0 radical (unpaired) electrons. The van der Waals surface area contributed by atoms with E-state index < -0.39 is 5.41 Å². The number of benzene rings is 1. The SMILES string of the molecule is CCOC(=O)[C@](C)(CCCCBr)c1ccc(C)cc1. The van der Waals surface area contributed by atoms with Crippen molar-refractivity contribution in [1.29, 1.82) is 0 Å². The van der Waals surface area contributed by atoms with Crippen LogP contribution in [-0.4, -0.2) is 17.9 Å². The fraction of sp³-hybridized carbons (Fsp3) is 0.562. The molecule has 0 heterocycles. The van der Waals surface area contributed by atoms with Gasteiger partial charge in [-0.2, -0.15) is 0 Å². The standard InChI is InChI=1S/C16H23BrO2/c1-4-19-15(18)16(3,11-5-6-12-17)14-9-7-13(2)8-10-14/h7-10H,4-6,11-12H2,1-3H3/t16-/m1/s1. The van der Waals surface area contributed by atoms with Gasteiger partial charge in [-0.3, -0.25) is 4.79 Å². The number of rotatable bonds is 7. The van der Waals surface area contributed by atoms with Gasteiger partial charge in [0.25, 0.3) is 0 Å². The van der Waals surface area contributed by atoms with Gasteiger partial charge in [-0.1, -0.05) is 52.2 Å². The van der Waals surface area contributed by atoms with Crippen molar-refractivity contribution in [2.75, 3.05) is 11.9 Å². The van der Waals surface area contributed by atoms with E-state index >= 15 is 0 Å². The van der Waals surface area contributed by atoms with Crippen molar-refractivity contribution in [3.8, 4) is 0 Å². The Morgan fingerprint density at radius 3 is 2.42 bits per heavy atom. The van der Waals surface area contributed by atoms with Crippen LogP contribution in [-0.2, 0) is 14.9 Å². The number of hydrogen-bond acceptors (Lipinski definition) is 2. The summed E-state index contributed by atoms with van der Waals surface area (Å²) in [4.78, 5) is 12.3. The lowest BCUT2D eigenvalue weighted by atomic mass is 9.78. The average Bonchev–Trinajstić information content (AvgIpc) is 2.39. The second kappa shape index (κ2) is 7.68. The highest BCUT2D eigenvalue weighted by Gasteiger charge is 2.35. The number of halogens is 1. The van der Waals surface area contributed by atoms with Gasteiger partial charge in [0.05, 0.1) is 12.0 Å². The summed E-state index contributed by atoms with van der Waals surface area (Å²) < 4.78 is 5.27. The molecule has 1 aromatic carbocycles. The van der Waals surface area contributed by atoms with Crippen LogP contribution in [0, 0.1) is 6.92 Å². The fourth-order valence-corrected chi connectivity index (χ4v) is 2.55. The molecule has 0 fully saturated rings. The van der Waals surface area contributed by atoms with E-state index in [2.05, 4.69) is 35.0 Å². The zero-order valence-electron chi connectivity index (χ0n) is 12.0. The normalized spacial score (nSPS) is 13.9. The molecule has 0 saturated heterocycles. The first-order valence-corrected chi connectivity index (χ1v) is 7.97. The molecule has 1 atom stereocenters. The van der Waals surface area contributed by atoms with Crippen LogP contribution in [0.2, 0.25) is 0 Å². The van der Waals surface area contributed by atoms with Crippen LogP contribution in [0.15, 0.2) is 24.3 Å². The maximum absolute atomic E-state index is 12.3. The summed E-state index contributed by atoms with van der Waals surface area (Å²) in [5.41, 5.74) is 1.72. The molecule has 0 spiro atoms. The van der Waals surface area contributed by atoms with Crippen LogP contribution in [0.5, 0.6) is 0 Å². The molecule has 0 aliphatic rings. The Kier molecular flexibility index (Phi) is 6.56. The van der Waals surface area contributed by atoms with Crippen molar-refractivity contribution in [2.45, 2.75) is 45.4 Å².